The summed E-state index contributed by atoms with van der Waals surface area (Å²) in [7, 11) is 0. The smallest absolute Gasteiger partial charge is 0.338 e. The minimum absolute atomic E-state index is 0.0238. The standard InChI is InChI=1S/C25H22N2O6S/c1-5-12-31-24(30)21-15(3)26-25-27(22(21)17-7-10-18(11-8-17)33-16(4)28)23(29)20(34-25)13-19-9-6-14(2)32-19/h5-11,13,22H,1,12H2,2-4H3/b20-13-/t22-/m0/s1. The zero-order valence-corrected chi connectivity index (χ0v) is 19.7. The van der Waals surface area contributed by atoms with Crippen LogP contribution in [0.5, 0.6) is 5.75 Å². The largest absolute Gasteiger partial charge is 0.462 e. The molecular weight excluding hydrogens is 456 g/mol. The van der Waals surface area contributed by atoms with Gasteiger partial charge in [-0.2, -0.15) is 0 Å². The molecule has 0 saturated heterocycles. The number of aromatic nitrogens is 1. The van der Waals surface area contributed by atoms with E-state index in [2.05, 4.69) is 11.6 Å². The molecule has 9 heteroatoms. The normalized spacial score (nSPS) is 15.5. The molecule has 1 aromatic carbocycles. The van der Waals surface area contributed by atoms with Crippen molar-refractivity contribution in [2.45, 2.75) is 26.8 Å². The minimum Gasteiger partial charge on any atom is -0.462 e. The number of benzene rings is 1. The van der Waals surface area contributed by atoms with E-state index in [1.54, 1.807) is 43.3 Å². The second-order valence-corrected chi connectivity index (χ2v) is 8.59. The van der Waals surface area contributed by atoms with Crippen LogP contribution in [0, 0.1) is 6.92 Å². The van der Waals surface area contributed by atoms with Crippen LogP contribution in [0.25, 0.3) is 6.08 Å². The average Bonchev–Trinajstić information content (AvgIpc) is 3.33. The maximum atomic E-state index is 13.5. The van der Waals surface area contributed by atoms with Crippen LogP contribution in [0.2, 0.25) is 0 Å². The van der Waals surface area contributed by atoms with Gasteiger partial charge in [-0.3, -0.25) is 14.2 Å². The van der Waals surface area contributed by atoms with Gasteiger partial charge in [0.25, 0.3) is 5.56 Å². The maximum Gasteiger partial charge on any atom is 0.338 e. The highest BCUT2D eigenvalue weighted by Crippen LogP contribution is 2.31. The molecule has 0 radical (unpaired) electrons. The van der Waals surface area contributed by atoms with Crippen molar-refractivity contribution in [2.24, 2.45) is 4.99 Å². The van der Waals surface area contributed by atoms with Crippen molar-refractivity contribution in [2.75, 3.05) is 6.61 Å². The zero-order chi connectivity index (χ0) is 24.4. The Hall–Kier alpha value is -3.98. The molecule has 0 spiro atoms. The van der Waals surface area contributed by atoms with Gasteiger partial charge < -0.3 is 13.9 Å². The molecule has 8 nitrogen and oxygen atoms in total. The number of nitrogens with zero attached hydrogens (tertiary/aromatic N) is 2. The minimum atomic E-state index is -0.777. The fraction of sp³-hybridized carbons (Fsp3) is 0.200. The number of carbonyl (C=O) groups excluding carboxylic acids is 2. The molecular formula is C25H22N2O6S. The highest BCUT2D eigenvalue weighted by atomic mass is 32.1. The average molecular weight is 479 g/mol. The molecule has 0 fully saturated rings. The van der Waals surface area contributed by atoms with Gasteiger partial charge in [-0.25, -0.2) is 9.79 Å². The fourth-order valence-corrected chi connectivity index (χ4v) is 4.68. The first-order valence-electron chi connectivity index (χ1n) is 10.4. The quantitative estimate of drug-likeness (QED) is 0.307. The summed E-state index contributed by atoms with van der Waals surface area (Å²) < 4.78 is 17.9. The van der Waals surface area contributed by atoms with Gasteiger partial charge in [0.2, 0.25) is 0 Å². The molecule has 0 saturated carbocycles. The third-order valence-corrected chi connectivity index (χ3v) is 6.05. The Morgan fingerprint density at radius 1 is 1.21 bits per heavy atom. The highest BCUT2D eigenvalue weighted by molar-refractivity contribution is 7.07. The molecule has 0 N–H and O–H groups in total. The summed E-state index contributed by atoms with van der Waals surface area (Å²) in [5.74, 6) is 0.595. The van der Waals surface area contributed by atoms with E-state index in [4.69, 9.17) is 13.9 Å². The molecule has 0 unspecified atom stereocenters. The van der Waals surface area contributed by atoms with Gasteiger partial charge in [0.15, 0.2) is 4.80 Å². The Bertz CT molecular complexity index is 1490. The van der Waals surface area contributed by atoms with Crippen LogP contribution in [0.3, 0.4) is 0 Å². The topological polar surface area (TPSA) is 100 Å². The van der Waals surface area contributed by atoms with E-state index in [9.17, 15) is 14.4 Å². The van der Waals surface area contributed by atoms with E-state index in [1.165, 1.54) is 28.9 Å². The number of thiazole rings is 1. The molecule has 1 aliphatic rings. The maximum absolute atomic E-state index is 13.5. The third-order valence-electron chi connectivity index (χ3n) is 5.07. The van der Waals surface area contributed by atoms with Gasteiger partial charge in [-0.1, -0.05) is 36.1 Å². The Morgan fingerprint density at radius 2 is 1.94 bits per heavy atom. The lowest BCUT2D eigenvalue weighted by molar-refractivity contribution is -0.138. The summed E-state index contributed by atoms with van der Waals surface area (Å²) in [6.07, 6.45) is 3.13. The highest BCUT2D eigenvalue weighted by Gasteiger charge is 2.33. The van der Waals surface area contributed by atoms with E-state index < -0.39 is 18.0 Å². The lowest BCUT2D eigenvalue weighted by Gasteiger charge is -2.24. The van der Waals surface area contributed by atoms with Crippen LogP contribution >= 0.6 is 11.3 Å². The molecule has 174 valence electrons. The van der Waals surface area contributed by atoms with Crippen LogP contribution in [-0.4, -0.2) is 23.1 Å². The van der Waals surface area contributed by atoms with Crippen molar-refractivity contribution in [3.63, 3.8) is 0 Å². The number of fused-ring (bicyclic) bond motifs is 1. The number of hydrogen-bond acceptors (Lipinski definition) is 8. The van der Waals surface area contributed by atoms with Crippen molar-refractivity contribution < 1.29 is 23.5 Å². The van der Waals surface area contributed by atoms with Gasteiger partial charge in [-0.15, -0.1) is 0 Å². The van der Waals surface area contributed by atoms with Crippen molar-refractivity contribution in [3.8, 4) is 5.75 Å². The SMILES string of the molecule is C=CCOC(=O)C1=C(C)N=c2s/c(=C\c3ccc(C)o3)c(=O)n2[C@H]1c1ccc(OC(C)=O)cc1. The van der Waals surface area contributed by atoms with Gasteiger partial charge in [0, 0.05) is 13.0 Å². The Morgan fingerprint density at radius 3 is 2.56 bits per heavy atom. The second-order valence-electron chi connectivity index (χ2n) is 7.58. The summed E-state index contributed by atoms with van der Waals surface area (Å²) in [6, 6.07) is 9.45. The molecule has 4 rings (SSSR count). The molecule has 1 atom stereocenters. The zero-order valence-electron chi connectivity index (χ0n) is 18.9. The number of hydrogen-bond donors (Lipinski definition) is 0. The van der Waals surface area contributed by atoms with Crippen molar-refractivity contribution in [1.82, 2.24) is 4.57 Å². The first-order chi connectivity index (χ1) is 16.3. The first kappa shape index (κ1) is 23.2. The number of aryl methyl sites for hydroxylation is 1. The summed E-state index contributed by atoms with van der Waals surface area (Å²) in [5.41, 5.74) is 1.02. The number of ether oxygens (including phenoxy) is 2. The molecule has 3 heterocycles. The van der Waals surface area contributed by atoms with Gasteiger partial charge >= 0.3 is 11.9 Å². The third kappa shape index (κ3) is 4.55. The Balaban J connectivity index is 1.89. The van der Waals surface area contributed by atoms with Gasteiger partial charge in [0.05, 0.1) is 21.8 Å². The van der Waals surface area contributed by atoms with E-state index in [1.807, 2.05) is 13.0 Å². The predicted molar refractivity (Wildman–Crippen MR) is 126 cm³/mol. The Labute approximate surface area is 198 Å². The molecule has 34 heavy (non-hydrogen) atoms. The monoisotopic (exact) mass is 478 g/mol. The number of rotatable bonds is 6. The molecule has 0 bridgehead atoms. The molecule has 2 aromatic heterocycles. The first-order valence-corrected chi connectivity index (χ1v) is 11.3. The number of esters is 2. The van der Waals surface area contributed by atoms with E-state index in [0.29, 0.717) is 32.1 Å². The van der Waals surface area contributed by atoms with Crippen LogP contribution in [0.15, 0.2) is 74.5 Å². The summed E-state index contributed by atoms with van der Waals surface area (Å²) >= 11 is 1.21. The fourth-order valence-electron chi connectivity index (χ4n) is 3.65. The number of allylic oxidation sites excluding steroid dienone is 1. The van der Waals surface area contributed by atoms with Crippen LogP contribution in [0.1, 0.15) is 37.0 Å². The van der Waals surface area contributed by atoms with Crippen LogP contribution < -0.4 is 19.6 Å². The van der Waals surface area contributed by atoms with Crippen LogP contribution in [0.4, 0.5) is 0 Å². The Kier molecular flexibility index (Phi) is 6.47. The lowest BCUT2D eigenvalue weighted by Crippen LogP contribution is -2.39. The predicted octanol–water partition coefficient (Wildman–Crippen LogP) is 2.79. The molecule has 0 aliphatic carbocycles. The number of carbonyl (C=O) groups is 2. The van der Waals surface area contributed by atoms with Crippen molar-refractivity contribution in [1.29, 1.82) is 0 Å². The van der Waals surface area contributed by atoms with E-state index in [0.717, 1.165) is 5.76 Å². The van der Waals surface area contributed by atoms with Gasteiger partial charge in [-0.05, 0) is 43.7 Å². The molecule has 0 amide bonds. The van der Waals surface area contributed by atoms with E-state index in [-0.39, 0.29) is 17.7 Å². The summed E-state index contributed by atoms with van der Waals surface area (Å²) in [4.78, 5) is 42.7. The summed E-state index contributed by atoms with van der Waals surface area (Å²) in [6.45, 7) is 8.44. The summed E-state index contributed by atoms with van der Waals surface area (Å²) in [5, 5.41) is 0. The second kappa shape index (κ2) is 9.48. The van der Waals surface area contributed by atoms with Crippen molar-refractivity contribution in [3.05, 3.63) is 97.1 Å². The molecule has 3 aromatic rings. The van der Waals surface area contributed by atoms with Crippen LogP contribution in [-0.2, 0) is 14.3 Å². The lowest BCUT2D eigenvalue weighted by atomic mass is 9.96. The molecule has 1 aliphatic heterocycles. The number of furan rings is 1. The van der Waals surface area contributed by atoms with E-state index >= 15 is 0 Å². The van der Waals surface area contributed by atoms with Gasteiger partial charge in [0.1, 0.15) is 23.9 Å². The van der Waals surface area contributed by atoms with Crippen molar-refractivity contribution >= 4 is 29.4 Å².